The highest BCUT2D eigenvalue weighted by molar-refractivity contribution is 5.81. The van der Waals surface area contributed by atoms with Gasteiger partial charge in [0.15, 0.2) is 23.9 Å². The van der Waals surface area contributed by atoms with Crippen molar-refractivity contribution in [3.63, 3.8) is 0 Å². The zero-order valence-electron chi connectivity index (χ0n) is 9.72. The molecule has 0 bridgehead atoms. The van der Waals surface area contributed by atoms with Gasteiger partial charge in [-0.25, -0.2) is 19.3 Å². The van der Waals surface area contributed by atoms with Crippen LogP contribution in [0.5, 0.6) is 0 Å². The zero-order chi connectivity index (χ0) is 13.6. The van der Waals surface area contributed by atoms with Crippen molar-refractivity contribution in [2.24, 2.45) is 0 Å². The largest absolute Gasteiger partial charge is 0.394 e. The second kappa shape index (κ2) is 4.37. The van der Waals surface area contributed by atoms with Gasteiger partial charge in [-0.05, 0) is 0 Å². The summed E-state index contributed by atoms with van der Waals surface area (Å²) in [6.07, 6.45) is -2.58. The first-order valence-corrected chi connectivity index (χ1v) is 5.65. The number of fused-ring (bicyclic) bond motifs is 1. The van der Waals surface area contributed by atoms with Gasteiger partial charge in [-0.2, -0.15) is 0 Å². The lowest BCUT2D eigenvalue weighted by molar-refractivity contribution is -0.0495. The molecule has 0 saturated carbocycles. The molecule has 9 heteroatoms. The van der Waals surface area contributed by atoms with E-state index in [2.05, 4.69) is 15.0 Å². The molecule has 4 atom stereocenters. The van der Waals surface area contributed by atoms with Crippen LogP contribution in [-0.2, 0) is 4.74 Å². The number of nitrogens with two attached hydrogens (primary N) is 1. The average Bonchev–Trinajstić information content (AvgIpc) is 2.94. The number of imidazole rings is 1. The van der Waals surface area contributed by atoms with Crippen molar-refractivity contribution in [3.05, 3.63) is 12.7 Å². The number of ether oxygens (including phenoxy) is 1. The zero-order valence-corrected chi connectivity index (χ0v) is 9.72. The molecule has 1 aliphatic heterocycles. The average molecular weight is 269 g/mol. The minimum Gasteiger partial charge on any atom is -0.394 e. The van der Waals surface area contributed by atoms with Gasteiger partial charge in [0.1, 0.15) is 24.1 Å². The van der Waals surface area contributed by atoms with Crippen molar-refractivity contribution in [2.45, 2.75) is 24.6 Å². The molecule has 3 rings (SSSR count). The van der Waals surface area contributed by atoms with Gasteiger partial charge in [0.05, 0.1) is 12.9 Å². The molecule has 2 aromatic heterocycles. The van der Waals surface area contributed by atoms with Gasteiger partial charge >= 0.3 is 0 Å². The maximum absolute atomic E-state index is 13.7. The van der Waals surface area contributed by atoms with E-state index in [1.165, 1.54) is 17.2 Å². The third-order valence-corrected chi connectivity index (χ3v) is 3.13. The van der Waals surface area contributed by atoms with Gasteiger partial charge in [-0.1, -0.05) is 0 Å². The number of alkyl halides is 1. The number of nitrogens with zero attached hydrogens (tertiary/aromatic N) is 4. The molecular formula is C10H12FN5O3. The predicted octanol–water partition coefficient (Wildman–Crippen LogP) is -1.00. The summed E-state index contributed by atoms with van der Waals surface area (Å²) in [7, 11) is 0. The number of halogens is 1. The highest BCUT2D eigenvalue weighted by Gasteiger charge is 2.45. The van der Waals surface area contributed by atoms with Crippen LogP contribution in [-0.4, -0.2) is 54.7 Å². The second-order valence-electron chi connectivity index (χ2n) is 4.27. The van der Waals surface area contributed by atoms with Crippen molar-refractivity contribution in [2.75, 3.05) is 12.3 Å². The highest BCUT2D eigenvalue weighted by Crippen LogP contribution is 2.33. The van der Waals surface area contributed by atoms with Crippen LogP contribution < -0.4 is 5.73 Å². The van der Waals surface area contributed by atoms with Gasteiger partial charge in [-0.15, -0.1) is 0 Å². The summed E-state index contributed by atoms with van der Waals surface area (Å²) in [5.74, 6) is 0.187. The smallest absolute Gasteiger partial charge is 0.167 e. The van der Waals surface area contributed by atoms with Crippen molar-refractivity contribution in [1.29, 1.82) is 0 Å². The van der Waals surface area contributed by atoms with E-state index < -0.39 is 31.2 Å². The summed E-state index contributed by atoms with van der Waals surface area (Å²) in [5, 5.41) is 18.8. The van der Waals surface area contributed by atoms with Crippen molar-refractivity contribution >= 4 is 17.0 Å². The summed E-state index contributed by atoms with van der Waals surface area (Å²) in [6, 6.07) is 0. The van der Waals surface area contributed by atoms with E-state index in [0.29, 0.717) is 11.2 Å². The Morgan fingerprint density at radius 1 is 1.42 bits per heavy atom. The summed E-state index contributed by atoms with van der Waals surface area (Å²) in [5.41, 5.74) is 6.32. The molecule has 1 saturated heterocycles. The number of rotatable bonds is 2. The van der Waals surface area contributed by atoms with E-state index in [1.54, 1.807) is 0 Å². The maximum atomic E-state index is 13.7. The lowest BCUT2D eigenvalue weighted by atomic mass is 10.1. The molecule has 3 heterocycles. The molecule has 8 nitrogen and oxygen atoms in total. The number of hydrogen-bond donors (Lipinski definition) is 3. The molecule has 102 valence electrons. The van der Waals surface area contributed by atoms with Crippen LogP contribution in [0, 0.1) is 0 Å². The Balaban J connectivity index is 2.04. The van der Waals surface area contributed by atoms with E-state index in [1.807, 2.05) is 0 Å². The third-order valence-electron chi connectivity index (χ3n) is 3.13. The summed E-state index contributed by atoms with van der Waals surface area (Å²) < 4.78 is 20.3. The van der Waals surface area contributed by atoms with Crippen molar-refractivity contribution < 1.29 is 19.3 Å². The van der Waals surface area contributed by atoms with E-state index in [0.717, 1.165) is 0 Å². The van der Waals surface area contributed by atoms with Crippen LogP contribution in [0.1, 0.15) is 6.23 Å². The number of hydrogen-bond acceptors (Lipinski definition) is 7. The maximum Gasteiger partial charge on any atom is 0.167 e. The minimum absolute atomic E-state index is 0.187. The lowest BCUT2D eigenvalue weighted by Crippen LogP contribution is -2.29. The molecule has 0 aliphatic carbocycles. The quantitative estimate of drug-likeness (QED) is 0.639. The monoisotopic (exact) mass is 269 g/mol. The van der Waals surface area contributed by atoms with Crippen LogP contribution >= 0.6 is 0 Å². The standard InChI is InChI=1S/C10H12FN5O3/c11-5-4(1-17)19-10(7(5)18)16-3-15-6-8(12)13-2-14-9(6)16/h2-5,7,10,17-18H,1H2,(H2,12,13,14)/t4-,5+,7?,10-/m1/s1. The summed E-state index contributed by atoms with van der Waals surface area (Å²) >= 11 is 0. The fourth-order valence-electron chi connectivity index (χ4n) is 2.14. The first-order chi connectivity index (χ1) is 9.13. The normalized spacial score (nSPS) is 31.1. The SMILES string of the molecule is Nc1ncnc2c1ncn2[C@@H]1O[C@H](CO)[C@H](F)C1O. The molecule has 4 N–H and O–H groups in total. The number of aliphatic hydroxyl groups is 2. The van der Waals surface area contributed by atoms with Gasteiger partial charge in [0.25, 0.3) is 0 Å². The molecule has 1 fully saturated rings. The first kappa shape index (κ1) is 12.2. The van der Waals surface area contributed by atoms with Gasteiger partial charge in [-0.3, -0.25) is 4.57 Å². The number of anilines is 1. The molecule has 2 aromatic rings. The van der Waals surface area contributed by atoms with Crippen molar-refractivity contribution in [3.8, 4) is 0 Å². The van der Waals surface area contributed by atoms with Crippen LogP contribution in [0.2, 0.25) is 0 Å². The van der Waals surface area contributed by atoms with E-state index in [-0.39, 0.29) is 5.82 Å². The third kappa shape index (κ3) is 1.74. The first-order valence-electron chi connectivity index (χ1n) is 5.65. The highest BCUT2D eigenvalue weighted by atomic mass is 19.1. The summed E-state index contributed by atoms with van der Waals surface area (Å²) in [6.45, 7) is -0.515. The summed E-state index contributed by atoms with van der Waals surface area (Å²) in [4.78, 5) is 11.8. The Kier molecular flexibility index (Phi) is 2.81. The van der Waals surface area contributed by atoms with E-state index in [4.69, 9.17) is 15.6 Å². The minimum atomic E-state index is -1.67. The molecule has 0 radical (unpaired) electrons. The Morgan fingerprint density at radius 3 is 2.89 bits per heavy atom. The lowest BCUT2D eigenvalue weighted by Gasteiger charge is -2.15. The van der Waals surface area contributed by atoms with E-state index in [9.17, 15) is 9.50 Å². The van der Waals surface area contributed by atoms with Crippen molar-refractivity contribution in [1.82, 2.24) is 19.5 Å². The Hall–Kier alpha value is -1.84. The topological polar surface area (TPSA) is 119 Å². The fourth-order valence-corrected chi connectivity index (χ4v) is 2.14. The number of aliphatic hydroxyl groups excluding tert-OH is 2. The molecular weight excluding hydrogens is 257 g/mol. The number of aromatic nitrogens is 4. The number of nitrogen functional groups attached to an aromatic ring is 1. The van der Waals surface area contributed by atoms with E-state index >= 15 is 0 Å². The van der Waals surface area contributed by atoms with Gasteiger partial charge < -0.3 is 20.7 Å². The molecule has 1 unspecified atom stereocenters. The predicted molar refractivity (Wildman–Crippen MR) is 61.6 cm³/mol. The van der Waals surface area contributed by atoms with Crippen LogP contribution in [0.25, 0.3) is 11.2 Å². The molecule has 0 spiro atoms. The Labute approximate surface area is 106 Å². The second-order valence-corrected chi connectivity index (χ2v) is 4.27. The Morgan fingerprint density at radius 2 is 2.21 bits per heavy atom. The fraction of sp³-hybridized carbons (Fsp3) is 0.500. The van der Waals surface area contributed by atoms with Crippen LogP contribution in [0.15, 0.2) is 12.7 Å². The Bertz CT molecular complexity index is 606. The van der Waals surface area contributed by atoms with Crippen LogP contribution in [0.3, 0.4) is 0 Å². The van der Waals surface area contributed by atoms with Gasteiger partial charge in [0.2, 0.25) is 0 Å². The van der Waals surface area contributed by atoms with Gasteiger partial charge in [0, 0.05) is 0 Å². The molecule has 0 amide bonds. The molecule has 1 aliphatic rings. The van der Waals surface area contributed by atoms with Crippen LogP contribution in [0.4, 0.5) is 10.2 Å². The molecule has 19 heavy (non-hydrogen) atoms. The molecule has 0 aromatic carbocycles.